The molecule has 1 spiro atoms. The average molecular weight is 458 g/mol. The SMILES string of the molecule is CC[C@H](C)[C@H](N)C(=O)Oc1ccc2c3c1O[C@H]1C(=O)CC[C@@]4(OC(N)=O)[C@@H](C2)N(C)CC[C@]314. The first-order chi connectivity index (χ1) is 15.7. The molecule has 1 aromatic rings. The van der Waals surface area contributed by atoms with Crippen LogP contribution in [0.3, 0.4) is 0 Å². The van der Waals surface area contributed by atoms with Crippen molar-refractivity contribution in [1.29, 1.82) is 0 Å². The Morgan fingerprint density at radius 3 is 2.79 bits per heavy atom. The predicted molar refractivity (Wildman–Crippen MR) is 118 cm³/mol. The van der Waals surface area contributed by atoms with Crippen LogP contribution >= 0.6 is 0 Å². The zero-order chi connectivity index (χ0) is 23.7. The third-order valence-electron chi connectivity index (χ3n) is 8.49. The van der Waals surface area contributed by atoms with Crippen molar-refractivity contribution < 1.29 is 28.6 Å². The number of Topliss-reactive ketones (excluding diaryl/α,β-unsaturated/α-hetero) is 1. The largest absolute Gasteiger partial charge is 0.477 e. The van der Waals surface area contributed by atoms with Gasteiger partial charge in [0.25, 0.3) is 0 Å². The number of amides is 1. The Kier molecular flexibility index (Phi) is 4.99. The molecule has 2 fully saturated rings. The predicted octanol–water partition coefficient (Wildman–Crippen LogP) is 1.42. The van der Waals surface area contributed by atoms with E-state index in [1.54, 1.807) is 6.07 Å². The molecule has 0 aromatic heterocycles. The summed E-state index contributed by atoms with van der Waals surface area (Å²) in [5.41, 5.74) is 11.6. The molecule has 2 bridgehead atoms. The number of likely N-dealkylation sites (tertiary alicyclic amines) is 1. The van der Waals surface area contributed by atoms with E-state index in [0.717, 1.165) is 17.5 Å². The lowest BCUT2D eigenvalue weighted by Gasteiger charge is -2.62. The van der Waals surface area contributed by atoms with Gasteiger partial charge in [0.1, 0.15) is 11.6 Å². The Morgan fingerprint density at radius 2 is 2.09 bits per heavy atom. The third kappa shape index (κ3) is 2.81. The van der Waals surface area contributed by atoms with Crippen LogP contribution < -0.4 is 20.9 Å². The molecule has 9 nitrogen and oxygen atoms in total. The normalized spacial score (nSPS) is 33.5. The van der Waals surface area contributed by atoms with Crippen molar-refractivity contribution in [1.82, 2.24) is 4.90 Å². The fourth-order valence-corrected chi connectivity index (χ4v) is 6.62. The second-order valence-corrected chi connectivity index (χ2v) is 9.96. The molecule has 4 N–H and O–H groups in total. The van der Waals surface area contributed by atoms with Crippen molar-refractivity contribution in [3.63, 3.8) is 0 Å². The highest BCUT2D eigenvalue weighted by atomic mass is 16.6. The van der Waals surface area contributed by atoms with Gasteiger partial charge in [-0.25, -0.2) is 9.59 Å². The van der Waals surface area contributed by atoms with E-state index in [0.29, 0.717) is 31.6 Å². The maximum Gasteiger partial charge on any atom is 0.405 e. The zero-order valence-electron chi connectivity index (χ0n) is 19.3. The lowest BCUT2D eigenvalue weighted by atomic mass is 9.49. The number of rotatable bonds is 5. The number of piperidine rings is 1. The number of carbonyl (C=O) groups excluding carboxylic acids is 3. The summed E-state index contributed by atoms with van der Waals surface area (Å²) >= 11 is 0. The number of primary amides is 1. The van der Waals surface area contributed by atoms with Crippen LogP contribution in [0, 0.1) is 5.92 Å². The highest BCUT2D eigenvalue weighted by molar-refractivity contribution is 5.91. The summed E-state index contributed by atoms with van der Waals surface area (Å²) in [7, 11) is 2.00. The molecule has 2 aliphatic carbocycles. The Labute approximate surface area is 192 Å². The summed E-state index contributed by atoms with van der Waals surface area (Å²) in [4.78, 5) is 40.2. The molecule has 178 valence electrons. The van der Waals surface area contributed by atoms with Gasteiger partial charge in [0.2, 0.25) is 0 Å². The van der Waals surface area contributed by atoms with Gasteiger partial charge in [0, 0.05) is 12.0 Å². The molecule has 1 saturated heterocycles. The van der Waals surface area contributed by atoms with Crippen LogP contribution in [0.2, 0.25) is 0 Å². The van der Waals surface area contributed by atoms with Crippen LogP contribution in [0.25, 0.3) is 0 Å². The number of hydrogen-bond donors (Lipinski definition) is 2. The van der Waals surface area contributed by atoms with Gasteiger partial charge in [-0.1, -0.05) is 26.3 Å². The summed E-state index contributed by atoms with van der Waals surface area (Å²) in [6, 6.07) is 2.73. The summed E-state index contributed by atoms with van der Waals surface area (Å²) in [6.45, 7) is 4.57. The lowest BCUT2D eigenvalue weighted by molar-refractivity contribution is -0.184. The van der Waals surface area contributed by atoms with E-state index in [2.05, 4.69) is 4.90 Å². The van der Waals surface area contributed by atoms with Crippen molar-refractivity contribution >= 4 is 17.8 Å². The molecule has 33 heavy (non-hydrogen) atoms. The molecule has 2 heterocycles. The minimum Gasteiger partial charge on any atom is -0.477 e. The van der Waals surface area contributed by atoms with E-state index >= 15 is 0 Å². The van der Waals surface area contributed by atoms with E-state index in [-0.39, 0.29) is 29.9 Å². The van der Waals surface area contributed by atoms with Crippen molar-refractivity contribution in [2.45, 2.75) is 75.2 Å². The fraction of sp³-hybridized carbons (Fsp3) is 0.625. The maximum absolute atomic E-state index is 13.2. The number of nitrogens with zero attached hydrogens (tertiary/aromatic N) is 1. The van der Waals surface area contributed by atoms with E-state index in [1.165, 1.54) is 0 Å². The molecule has 1 amide bonds. The molecular weight excluding hydrogens is 426 g/mol. The molecule has 9 heteroatoms. The first-order valence-electron chi connectivity index (χ1n) is 11.7. The topological polar surface area (TPSA) is 134 Å². The number of nitrogens with two attached hydrogens (primary N) is 2. The van der Waals surface area contributed by atoms with Crippen molar-refractivity contribution in [3.8, 4) is 11.5 Å². The van der Waals surface area contributed by atoms with Crippen LogP contribution in [-0.4, -0.2) is 60.1 Å². The van der Waals surface area contributed by atoms with Crippen LogP contribution in [0.4, 0.5) is 4.79 Å². The van der Waals surface area contributed by atoms with Gasteiger partial charge in [-0.2, -0.15) is 0 Å². The summed E-state index contributed by atoms with van der Waals surface area (Å²) in [5, 5.41) is 0. The first-order valence-corrected chi connectivity index (χ1v) is 11.7. The quantitative estimate of drug-likeness (QED) is 0.501. The maximum atomic E-state index is 13.2. The number of carbonyl (C=O) groups is 3. The standard InChI is InChI=1S/C24H31N3O6/c1-4-12(2)18(25)21(29)31-15-6-5-13-11-16-24(33-22(26)30)8-7-14(28)20-23(24,9-10-27(16)3)17(13)19(15)32-20/h5-6,12,16,18,20H,4,7-11,25H2,1-3H3,(H2,26,30)/t12-,16+,18-,20-,23-,24+/m0/s1. The summed E-state index contributed by atoms with van der Waals surface area (Å²) in [5.74, 6) is 0.00940. The molecule has 6 atom stereocenters. The molecule has 0 radical (unpaired) electrons. The molecular formula is C24H31N3O6. The van der Waals surface area contributed by atoms with Crippen LogP contribution in [0.5, 0.6) is 11.5 Å². The second-order valence-electron chi connectivity index (χ2n) is 9.96. The van der Waals surface area contributed by atoms with Crippen molar-refractivity contribution in [2.24, 2.45) is 17.4 Å². The Bertz CT molecular complexity index is 1040. The number of ketones is 1. The number of likely N-dealkylation sites (N-methyl/N-ethyl adjacent to an activating group) is 1. The number of hydrogen-bond acceptors (Lipinski definition) is 8. The zero-order valence-corrected chi connectivity index (χ0v) is 19.3. The second kappa shape index (κ2) is 7.43. The average Bonchev–Trinajstić information content (AvgIpc) is 3.14. The molecule has 4 aliphatic rings. The summed E-state index contributed by atoms with van der Waals surface area (Å²) in [6.07, 6.45) is 0.838. The van der Waals surface area contributed by atoms with E-state index in [9.17, 15) is 14.4 Å². The van der Waals surface area contributed by atoms with E-state index < -0.39 is 35.2 Å². The first kappa shape index (κ1) is 22.2. The highest BCUT2D eigenvalue weighted by Gasteiger charge is 2.75. The Balaban J connectivity index is 1.66. The lowest BCUT2D eigenvalue weighted by Crippen LogP contribution is -2.77. The van der Waals surface area contributed by atoms with Gasteiger partial charge in [0.05, 0.1) is 11.5 Å². The molecule has 2 aliphatic heterocycles. The van der Waals surface area contributed by atoms with Crippen LogP contribution in [0.1, 0.15) is 50.7 Å². The van der Waals surface area contributed by atoms with Gasteiger partial charge < -0.3 is 25.7 Å². The fourth-order valence-electron chi connectivity index (χ4n) is 6.62. The van der Waals surface area contributed by atoms with Crippen LogP contribution in [-0.2, 0) is 26.2 Å². The number of ether oxygens (including phenoxy) is 3. The molecule has 1 saturated carbocycles. The highest BCUT2D eigenvalue weighted by Crippen LogP contribution is 2.66. The number of benzene rings is 1. The van der Waals surface area contributed by atoms with Crippen LogP contribution in [0.15, 0.2) is 12.1 Å². The number of esters is 1. The van der Waals surface area contributed by atoms with E-state index in [4.69, 9.17) is 25.7 Å². The third-order valence-corrected chi connectivity index (χ3v) is 8.49. The van der Waals surface area contributed by atoms with Gasteiger partial charge in [0.15, 0.2) is 23.4 Å². The minimum absolute atomic E-state index is 0.0420. The smallest absolute Gasteiger partial charge is 0.405 e. The van der Waals surface area contributed by atoms with Crippen molar-refractivity contribution in [2.75, 3.05) is 13.6 Å². The molecule has 5 rings (SSSR count). The Morgan fingerprint density at radius 1 is 1.33 bits per heavy atom. The Hall–Kier alpha value is -2.65. The van der Waals surface area contributed by atoms with E-state index in [1.807, 2.05) is 27.0 Å². The van der Waals surface area contributed by atoms with Crippen molar-refractivity contribution in [3.05, 3.63) is 23.3 Å². The van der Waals surface area contributed by atoms with Gasteiger partial charge in [-0.15, -0.1) is 0 Å². The van der Waals surface area contributed by atoms with Gasteiger partial charge in [-0.3, -0.25) is 9.69 Å². The monoisotopic (exact) mass is 457 g/mol. The minimum atomic E-state index is -0.988. The molecule has 0 unspecified atom stereocenters. The van der Waals surface area contributed by atoms with Gasteiger partial charge in [-0.05, 0) is 50.4 Å². The van der Waals surface area contributed by atoms with Gasteiger partial charge >= 0.3 is 12.1 Å². The summed E-state index contributed by atoms with van der Waals surface area (Å²) < 4.78 is 18.0. The molecule has 1 aromatic carbocycles.